The molecule has 0 radical (unpaired) electrons. The fourth-order valence-corrected chi connectivity index (χ4v) is 1.95. The molecule has 0 aromatic heterocycles. The van der Waals surface area contributed by atoms with Crippen LogP contribution in [0.1, 0.15) is 12.8 Å². The number of ether oxygens (including phenoxy) is 1. The number of carbonyl (C=O) groups is 2. The Kier molecular flexibility index (Phi) is 8.94. The fraction of sp³-hybridized carbons (Fsp3) is 0.857. The first-order valence-corrected chi connectivity index (χ1v) is 8.25. The maximum atomic E-state index is 13.5. The third-order valence-electron chi connectivity index (χ3n) is 4.11. The number of halogens is 17. The van der Waals surface area contributed by atoms with Gasteiger partial charge in [-0.1, -0.05) is 0 Å². The van der Waals surface area contributed by atoms with Crippen molar-refractivity contribution < 1.29 is 99.2 Å². The van der Waals surface area contributed by atoms with Crippen LogP contribution in [0.25, 0.3) is 0 Å². The van der Waals surface area contributed by atoms with Crippen molar-refractivity contribution in [1.29, 1.82) is 0 Å². The van der Waals surface area contributed by atoms with E-state index in [9.17, 15) is 84.2 Å². The maximum Gasteiger partial charge on any atom is 0.460 e. The zero-order valence-corrected chi connectivity index (χ0v) is 16.2. The number of carbonyl (C=O) groups excluding carboxylic acids is 1. The van der Waals surface area contributed by atoms with E-state index in [2.05, 4.69) is 4.74 Å². The number of hydrogen-bond donors (Lipinski definition) is 2. The fourth-order valence-electron chi connectivity index (χ4n) is 1.95. The molecule has 2 N–H and O–H groups in total. The summed E-state index contributed by atoms with van der Waals surface area (Å²) in [6.07, 6.45) is -15.0. The van der Waals surface area contributed by atoms with Gasteiger partial charge in [0.25, 0.3) is 0 Å². The van der Waals surface area contributed by atoms with Crippen LogP contribution in [0.4, 0.5) is 74.6 Å². The van der Waals surface area contributed by atoms with Gasteiger partial charge in [-0.25, -0.2) is 4.79 Å². The summed E-state index contributed by atoms with van der Waals surface area (Å²) in [6, 6.07) is 0. The molecule has 0 saturated carbocycles. The lowest BCUT2D eigenvalue weighted by atomic mass is 9.88. The third-order valence-corrected chi connectivity index (χ3v) is 4.11. The summed E-state index contributed by atoms with van der Waals surface area (Å²) in [5.41, 5.74) is 0. The lowest BCUT2D eigenvalue weighted by Crippen LogP contribution is -2.74. The Morgan fingerprint density at radius 3 is 1.28 bits per heavy atom. The van der Waals surface area contributed by atoms with Crippen molar-refractivity contribution in [2.45, 2.75) is 66.6 Å². The molecule has 1 unspecified atom stereocenters. The largest absolute Gasteiger partial charge is 0.479 e. The van der Waals surface area contributed by atoms with Gasteiger partial charge in [-0.05, 0) is 0 Å². The highest BCUT2D eigenvalue weighted by Gasteiger charge is 2.95. The molecule has 0 aliphatic heterocycles. The van der Waals surface area contributed by atoms with Crippen LogP contribution in [-0.4, -0.2) is 82.5 Å². The Hall–Kier alpha value is -2.29. The van der Waals surface area contributed by atoms with E-state index < -0.39 is 85.1 Å². The lowest BCUT2D eigenvalue weighted by molar-refractivity contribution is -0.461. The van der Waals surface area contributed by atoms with Gasteiger partial charge in [0.15, 0.2) is 6.10 Å². The molecule has 0 heterocycles. The first-order chi connectivity index (χ1) is 15.5. The van der Waals surface area contributed by atoms with Crippen LogP contribution < -0.4 is 0 Å². The van der Waals surface area contributed by atoms with E-state index in [-0.39, 0.29) is 0 Å². The minimum absolute atomic E-state index is 1.58. The summed E-state index contributed by atoms with van der Waals surface area (Å²) in [7, 11) is 0. The van der Waals surface area contributed by atoms with E-state index in [1.807, 2.05) is 0 Å². The number of hydrogen-bond acceptors (Lipinski definition) is 4. The molecule has 0 saturated heterocycles. The molecule has 0 aromatic carbocycles. The third kappa shape index (κ3) is 5.22. The number of aliphatic hydroxyl groups excluding tert-OH is 1. The molecule has 22 heteroatoms. The van der Waals surface area contributed by atoms with Crippen molar-refractivity contribution in [2.75, 3.05) is 6.61 Å². The zero-order chi connectivity index (χ0) is 29.6. The van der Waals surface area contributed by atoms with E-state index in [1.165, 1.54) is 0 Å². The van der Waals surface area contributed by atoms with Crippen LogP contribution in [0.2, 0.25) is 0 Å². The van der Waals surface area contributed by atoms with E-state index in [0.717, 1.165) is 0 Å². The molecule has 0 aliphatic carbocycles. The summed E-state index contributed by atoms with van der Waals surface area (Å²) < 4.78 is 225. The number of alkyl halides is 17. The van der Waals surface area contributed by atoms with Gasteiger partial charge in [0.2, 0.25) is 0 Å². The first kappa shape index (κ1) is 33.7. The molecule has 5 nitrogen and oxygen atoms in total. The van der Waals surface area contributed by atoms with E-state index in [1.54, 1.807) is 0 Å². The standard InChI is InChI=1S/C14H9F17O5/c15-7(16,1-2-36-5(33)3-4(32)6(34)35)8(17,18)9(19,20)10(21,22)11(23,24)12(25,26)13(27,28)14(29,30)31/h4,32H,1-3H2,(H,34,35). The highest BCUT2D eigenvalue weighted by Crippen LogP contribution is 2.64. The second-order valence-electron chi connectivity index (χ2n) is 6.68. The Bertz CT molecular complexity index is 819. The van der Waals surface area contributed by atoms with Crippen molar-refractivity contribution in [3.8, 4) is 0 Å². The number of aliphatic carboxylic acids is 1. The Balaban J connectivity index is 6.12. The summed E-state index contributed by atoms with van der Waals surface area (Å²) in [4.78, 5) is 21.2. The van der Waals surface area contributed by atoms with Gasteiger partial charge in [-0.15, -0.1) is 0 Å². The van der Waals surface area contributed by atoms with Gasteiger partial charge in [0.1, 0.15) is 0 Å². The van der Waals surface area contributed by atoms with Crippen molar-refractivity contribution >= 4 is 11.9 Å². The molecule has 0 spiro atoms. The molecule has 0 bridgehead atoms. The number of esters is 1. The van der Waals surface area contributed by atoms with Gasteiger partial charge >= 0.3 is 59.6 Å². The topological polar surface area (TPSA) is 83.8 Å². The first-order valence-electron chi connectivity index (χ1n) is 8.25. The van der Waals surface area contributed by atoms with Crippen molar-refractivity contribution in [3.63, 3.8) is 0 Å². The number of aliphatic hydroxyl groups is 1. The van der Waals surface area contributed by atoms with Crippen LogP contribution in [0.3, 0.4) is 0 Å². The molecule has 0 aliphatic rings. The summed E-state index contributed by atoms with van der Waals surface area (Å²) >= 11 is 0. The predicted molar refractivity (Wildman–Crippen MR) is 74.5 cm³/mol. The van der Waals surface area contributed by atoms with Crippen LogP contribution in [0.15, 0.2) is 0 Å². The molecule has 0 aromatic rings. The molecule has 0 amide bonds. The molecule has 214 valence electrons. The Labute approximate surface area is 185 Å². The highest BCUT2D eigenvalue weighted by atomic mass is 19.4. The van der Waals surface area contributed by atoms with Gasteiger partial charge in [-0.3, -0.25) is 4.79 Å². The van der Waals surface area contributed by atoms with Crippen LogP contribution in [0.5, 0.6) is 0 Å². The normalized spacial score (nSPS) is 16.1. The minimum Gasteiger partial charge on any atom is -0.479 e. The molecule has 36 heavy (non-hydrogen) atoms. The van der Waals surface area contributed by atoms with Gasteiger partial charge in [0, 0.05) is 0 Å². The highest BCUT2D eigenvalue weighted by molar-refractivity contribution is 5.80. The van der Waals surface area contributed by atoms with Crippen molar-refractivity contribution in [1.82, 2.24) is 0 Å². The zero-order valence-electron chi connectivity index (χ0n) is 16.2. The molecule has 1 atom stereocenters. The molecular formula is C14H9F17O5. The molecular weight excluding hydrogens is 571 g/mol. The average molecular weight is 580 g/mol. The maximum absolute atomic E-state index is 13.5. The predicted octanol–water partition coefficient (Wildman–Crippen LogP) is 4.76. The average Bonchev–Trinajstić information content (AvgIpc) is 2.65. The van der Waals surface area contributed by atoms with Crippen molar-refractivity contribution in [3.05, 3.63) is 0 Å². The number of carboxylic acid groups (broad SMARTS) is 1. The Morgan fingerprint density at radius 1 is 0.611 bits per heavy atom. The lowest BCUT2D eigenvalue weighted by Gasteiger charge is -2.42. The van der Waals surface area contributed by atoms with Crippen molar-refractivity contribution in [2.24, 2.45) is 0 Å². The van der Waals surface area contributed by atoms with Gasteiger partial charge in [-0.2, -0.15) is 74.6 Å². The van der Waals surface area contributed by atoms with E-state index in [0.29, 0.717) is 0 Å². The summed E-state index contributed by atoms with van der Waals surface area (Å²) in [5.74, 6) is -61.6. The van der Waals surface area contributed by atoms with E-state index >= 15 is 0 Å². The van der Waals surface area contributed by atoms with E-state index in [4.69, 9.17) is 10.2 Å². The van der Waals surface area contributed by atoms with Crippen LogP contribution in [-0.2, 0) is 14.3 Å². The monoisotopic (exact) mass is 580 g/mol. The second-order valence-corrected chi connectivity index (χ2v) is 6.68. The smallest absolute Gasteiger partial charge is 0.460 e. The summed E-state index contributed by atoms with van der Waals surface area (Å²) in [5, 5.41) is 16.9. The van der Waals surface area contributed by atoms with Gasteiger partial charge in [0.05, 0.1) is 19.4 Å². The quantitative estimate of drug-likeness (QED) is 0.257. The molecule has 0 rings (SSSR count). The SMILES string of the molecule is O=C(CC(O)C(=O)O)OCCC(F)(F)C(F)(F)C(F)(F)C(F)(F)C(F)(F)C(F)(F)C(F)(F)C(F)(F)F. The van der Waals surface area contributed by atoms with Crippen LogP contribution in [0, 0.1) is 0 Å². The number of rotatable bonds is 12. The molecule has 0 fully saturated rings. The Morgan fingerprint density at radius 2 is 0.944 bits per heavy atom. The van der Waals surface area contributed by atoms with Gasteiger partial charge < -0.3 is 14.9 Å². The minimum atomic E-state index is -8.75. The van der Waals surface area contributed by atoms with Crippen LogP contribution >= 0.6 is 0 Å². The summed E-state index contributed by atoms with van der Waals surface area (Å²) in [6.45, 7) is -2.23. The number of carboxylic acids is 1. The second kappa shape index (κ2) is 9.54.